The van der Waals surface area contributed by atoms with Crippen LogP contribution in [-0.4, -0.2) is 39.1 Å². The fraction of sp³-hybridized carbons (Fsp3) is 0.421. The number of rotatable bonds is 4. The Labute approximate surface area is 147 Å². The van der Waals surface area contributed by atoms with Gasteiger partial charge < -0.3 is 4.90 Å². The van der Waals surface area contributed by atoms with Crippen LogP contribution in [0.1, 0.15) is 41.5 Å². The van der Waals surface area contributed by atoms with E-state index in [9.17, 15) is 4.79 Å². The van der Waals surface area contributed by atoms with Crippen LogP contribution >= 0.6 is 11.8 Å². The van der Waals surface area contributed by atoms with Gasteiger partial charge in [0.25, 0.3) is 5.91 Å². The van der Waals surface area contributed by atoms with Crippen molar-refractivity contribution in [1.82, 2.24) is 14.9 Å². The molecule has 2 aromatic rings. The van der Waals surface area contributed by atoms with Gasteiger partial charge in [-0.1, -0.05) is 25.1 Å². The molecule has 1 aromatic heterocycles. The first-order valence-corrected chi connectivity index (χ1v) is 9.38. The maximum atomic E-state index is 12.6. The number of piperidine rings is 1. The molecule has 1 fully saturated rings. The second-order valence-corrected chi connectivity index (χ2v) is 7.46. The van der Waals surface area contributed by atoms with E-state index < -0.39 is 0 Å². The number of hydrogen-bond donors (Lipinski definition) is 0. The van der Waals surface area contributed by atoms with Gasteiger partial charge in [0.15, 0.2) is 0 Å². The third-order valence-electron chi connectivity index (χ3n) is 4.38. The van der Waals surface area contributed by atoms with Crippen LogP contribution in [0, 0.1) is 6.92 Å². The number of aromatic nitrogens is 2. The third-order valence-corrected chi connectivity index (χ3v) is 5.90. The van der Waals surface area contributed by atoms with Crippen LogP contribution in [0.25, 0.3) is 0 Å². The van der Waals surface area contributed by atoms with E-state index in [1.54, 1.807) is 12.4 Å². The van der Waals surface area contributed by atoms with Crippen LogP contribution in [-0.2, 0) is 6.42 Å². The molecule has 1 aliphatic rings. The van der Waals surface area contributed by atoms with Gasteiger partial charge in [-0.05, 0) is 31.4 Å². The molecule has 0 bridgehead atoms. The average Bonchev–Trinajstić information content (AvgIpc) is 2.64. The van der Waals surface area contributed by atoms with E-state index in [0.29, 0.717) is 10.8 Å². The number of benzene rings is 1. The van der Waals surface area contributed by atoms with Crippen LogP contribution in [0.5, 0.6) is 0 Å². The predicted molar refractivity (Wildman–Crippen MR) is 97.4 cm³/mol. The van der Waals surface area contributed by atoms with Gasteiger partial charge in [-0.3, -0.25) is 4.79 Å². The minimum Gasteiger partial charge on any atom is -0.338 e. The van der Waals surface area contributed by atoms with Gasteiger partial charge in [0.1, 0.15) is 5.82 Å². The Balaban J connectivity index is 1.56. The molecule has 1 amide bonds. The zero-order chi connectivity index (χ0) is 16.9. The van der Waals surface area contributed by atoms with E-state index in [1.165, 1.54) is 10.5 Å². The van der Waals surface area contributed by atoms with Crippen molar-refractivity contribution in [3.05, 3.63) is 53.6 Å². The number of nitrogens with zero attached hydrogens (tertiary/aromatic N) is 3. The molecular weight excluding hydrogens is 318 g/mol. The Morgan fingerprint density at radius 1 is 1.21 bits per heavy atom. The lowest BCUT2D eigenvalue weighted by atomic mass is 10.1. The standard InChI is InChI=1S/C19H23N3OS/c1-3-18-20-12-15(13-21-18)19(23)22-10-8-16(9-11-22)24-17-7-5-4-6-14(17)2/h4-7,12-13,16H,3,8-11H2,1-2H3. The van der Waals surface area contributed by atoms with Crippen molar-refractivity contribution in [2.45, 2.75) is 43.3 Å². The van der Waals surface area contributed by atoms with Crippen LogP contribution in [0.15, 0.2) is 41.6 Å². The molecule has 0 spiro atoms. The monoisotopic (exact) mass is 341 g/mol. The second kappa shape index (κ2) is 7.79. The Bertz CT molecular complexity index is 694. The van der Waals surface area contributed by atoms with Crippen LogP contribution in [0.3, 0.4) is 0 Å². The number of carbonyl (C=O) groups excluding carboxylic acids is 1. The van der Waals surface area contributed by atoms with Gasteiger partial charge in [0.2, 0.25) is 0 Å². The molecule has 0 aliphatic carbocycles. The number of amides is 1. The lowest BCUT2D eigenvalue weighted by Crippen LogP contribution is -2.39. The van der Waals surface area contributed by atoms with Crippen molar-refractivity contribution in [1.29, 1.82) is 0 Å². The summed E-state index contributed by atoms with van der Waals surface area (Å²) in [5.74, 6) is 0.830. The van der Waals surface area contributed by atoms with Gasteiger partial charge in [-0.15, -0.1) is 11.8 Å². The Hall–Kier alpha value is -1.88. The summed E-state index contributed by atoms with van der Waals surface area (Å²) in [5.41, 5.74) is 1.92. The molecule has 3 rings (SSSR count). The molecule has 24 heavy (non-hydrogen) atoms. The summed E-state index contributed by atoms with van der Waals surface area (Å²) < 4.78 is 0. The highest BCUT2D eigenvalue weighted by Gasteiger charge is 2.24. The molecule has 0 radical (unpaired) electrons. The molecule has 0 N–H and O–H groups in total. The molecule has 4 nitrogen and oxygen atoms in total. The predicted octanol–water partition coefficient (Wildman–Crippen LogP) is 3.74. The highest BCUT2D eigenvalue weighted by Crippen LogP contribution is 2.32. The summed E-state index contributed by atoms with van der Waals surface area (Å²) in [6, 6.07) is 8.51. The van der Waals surface area contributed by atoms with Crippen LogP contribution in [0.2, 0.25) is 0 Å². The summed E-state index contributed by atoms with van der Waals surface area (Å²) in [4.78, 5) is 24.3. The zero-order valence-electron chi connectivity index (χ0n) is 14.2. The number of likely N-dealkylation sites (tertiary alicyclic amines) is 1. The number of hydrogen-bond acceptors (Lipinski definition) is 4. The zero-order valence-corrected chi connectivity index (χ0v) is 15.1. The van der Waals surface area contributed by atoms with Gasteiger partial charge >= 0.3 is 0 Å². The maximum absolute atomic E-state index is 12.6. The quantitative estimate of drug-likeness (QED) is 0.850. The number of thioether (sulfide) groups is 1. The Kier molecular flexibility index (Phi) is 5.51. The second-order valence-electron chi connectivity index (χ2n) is 6.12. The van der Waals surface area contributed by atoms with E-state index in [2.05, 4.69) is 41.2 Å². The van der Waals surface area contributed by atoms with E-state index in [0.717, 1.165) is 38.2 Å². The van der Waals surface area contributed by atoms with Crippen LogP contribution < -0.4 is 0 Å². The molecule has 126 valence electrons. The highest BCUT2D eigenvalue weighted by molar-refractivity contribution is 8.00. The molecule has 1 aromatic carbocycles. The van der Waals surface area contributed by atoms with Crippen molar-refractivity contribution in [3.63, 3.8) is 0 Å². The SMILES string of the molecule is CCc1ncc(C(=O)N2CCC(Sc3ccccc3C)CC2)cn1. The fourth-order valence-corrected chi connectivity index (χ4v) is 4.09. The molecule has 0 saturated carbocycles. The number of carbonyl (C=O) groups is 1. The minimum atomic E-state index is 0.0528. The fourth-order valence-electron chi connectivity index (χ4n) is 2.88. The van der Waals surface area contributed by atoms with Gasteiger partial charge in [-0.25, -0.2) is 9.97 Å². The Morgan fingerprint density at radius 3 is 2.50 bits per heavy atom. The highest BCUT2D eigenvalue weighted by atomic mass is 32.2. The molecule has 0 unspecified atom stereocenters. The molecular formula is C19H23N3OS. The van der Waals surface area contributed by atoms with Gasteiger partial charge in [-0.2, -0.15) is 0 Å². The van der Waals surface area contributed by atoms with E-state index in [4.69, 9.17) is 0 Å². The van der Waals surface area contributed by atoms with Crippen molar-refractivity contribution in [2.75, 3.05) is 13.1 Å². The van der Waals surface area contributed by atoms with Crippen LogP contribution in [0.4, 0.5) is 0 Å². The molecule has 5 heteroatoms. The summed E-state index contributed by atoms with van der Waals surface area (Å²) in [6.07, 6.45) is 6.15. The van der Waals surface area contributed by atoms with Crippen molar-refractivity contribution < 1.29 is 4.79 Å². The third kappa shape index (κ3) is 3.96. The lowest BCUT2D eigenvalue weighted by molar-refractivity contribution is 0.0726. The average molecular weight is 341 g/mol. The first-order chi connectivity index (χ1) is 11.7. The summed E-state index contributed by atoms with van der Waals surface area (Å²) >= 11 is 1.94. The normalized spacial score (nSPS) is 15.5. The minimum absolute atomic E-state index is 0.0528. The largest absolute Gasteiger partial charge is 0.338 e. The van der Waals surface area contributed by atoms with E-state index in [1.807, 2.05) is 23.6 Å². The van der Waals surface area contributed by atoms with E-state index in [-0.39, 0.29) is 5.91 Å². The molecule has 0 atom stereocenters. The number of aryl methyl sites for hydroxylation is 2. The van der Waals surface area contributed by atoms with Gasteiger partial charge in [0, 0.05) is 42.0 Å². The lowest BCUT2D eigenvalue weighted by Gasteiger charge is -2.31. The molecule has 2 heterocycles. The molecule has 1 aliphatic heterocycles. The maximum Gasteiger partial charge on any atom is 0.256 e. The molecule has 1 saturated heterocycles. The smallest absolute Gasteiger partial charge is 0.256 e. The first kappa shape index (κ1) is 17.0. The summed E-state index contributed by atoms with van der Waals surface area (Å²) in [7, 11) is 0. The van der Waals surface area contributed by atoms with Crippen molar-refractivity contribution in [3.8, 4) is 0 Å². The summed E-state index contributed by atoms with van der Waals surface area (Å²) in [5, 5.41) is 0.578. The summed E-state index contributed by atoms with van der Waals surface area (Å²) in [6.45, 7) is 5.77. The van der Waals surface area contributed by atoms with Crippen molar-refractivity contribution in [2.24, 2.45) is 0 Å². The van der Waals surface area contributed by atoms with E-state index >= 15 is 0 Å². The van der Waals surface area contributed by atoms with Crippen molar-refractivity contribution >= 4 is 17.7 Å². The topological polar surface area (TPSA) is 46.1 Å². The van der Waals surface area contributed by atoms with Gasteiger partial charge in [0.05, 0.1) is 5.56 Å². The first-order valence-electron chi connectivity index (χ1n) is 8.50. The Morgan fingerprint density at radius 2 is 1.88 bits per heavy atom.